The zero-order chi connectivity index (χ0) is 16.4. The van der Waals surface area contributed by atoms with Crippen molar-refractivity contribution in [3.63, 3.8) is 0 Å². The quantitative estimate of drug-likeness (QED) is 0.789. The Labute approximate surface area is 133 Å². The molecule has 0 N–H and O–H groups in total. The molecule has 1 fully saturated rings. The van der Waals surface area contributed by atoms with Gasteiger partial charge in [-0.05, 0) is 11.1 Å². The molecule has 0 spiro atoms. The van der Waals surface area contributed by atoms with Gasteiger partial charge in [0.25, 0.3) is 5.91 Å². The van der Waals surface area contributed by atoms with Crippen molar-refractivity contribution in [2.45, 2.75) is 18.0 Å². The molecule has 0 aliphatic carbocycles. The van der Waals surface area contributed by atoms with Crippen LogP contribution in [0, 0.1) is 0 Å². The number of rotatable bonds is 5. The molecule has 3 rings (SSSR count). The number of benzene rings is 2. The molecule has 0 radical (unpaired) electrons. The highest BCUT2D eigenvalue weighted by Gasteiger charge is 2.65. The Balaban J connectivity index is 1.99. The first-order valence-corrected chi connectivity index (χ1v) is 7.36. The van der Waals surface area contributed by atoms with Crippen molar-refractivity contribution in [1.29, 1.82) is 0 Å². The lowest BCUT2D eigenvalue weighted by molar-refractivity contribution is -0.215. The second kappa shape index (κ2) is 6.08. The Bertz CT molecular complexity index is 676. The molecule has 23 heavy (non-hydrogen) atoms. The van der Waals surface area contributed by atoms with E-state index in [1.807, 2.05) is 30.3 Å². The molecule has 1 unspecified atom stereocenters. The summed E-state index contributed by atoms with van der Waals surface area (Å²) in [5, 5.41) is 0. The number of halogens is 2. The maximum atomic E-state index is 14.2. The topological polar surface area (TPSA) is 29.5 Å². The monoisotopic (exact) mass is 317 g/mol. The summed E-state index contributed by atoms with van der Waals surface area (Å²) >= 11 is 0. The molecule has 0 bridgehead atoms. The van der Waals surface area contributed by atoms with Gasteiger partial charge in [-0.15, -0.1) is 0 Å². The van der Waals surface area contributed by atoms with Crippen LogP contribution in [0.1, 0.15) is 23.2 Å². The Kier molecular flexibility index (Phi) is 4.13. The molecule has 2 aromatic carbocycles. The van der Waals surface area contributed by atoms with Gasteiger partial charge >= 0.3 is 5.92 Å². The summed E-state index contributed by atoms with van der Waals surface area (Å²) in [4.78, 5) is 13.3. The van der Waals surface area contributed by atoms with Crippen molar-refractivity contribution in [3.8, 4) is 0 Å². The molecular formula is C18H17F2NO2. The molecule has 0 aromatic heterocycles. The Morgan fingerprint density at radius 3 is 2.22 bits per heavy atom. The number of likely N-dealkylation sites (tertiary alicyclic amines) is 1. The van der Waals surface area contributed by atoms with Crippen LogP contribution in [0.3, 0.4) is 0 Å². The average Bonchev–Trinajstić information content (AvgIpc) is 2.59. The number of amides is 1. The third-order valence-corrected chi connectivity index (χ3v) is 4.10. The van der Waals surface area contributed by atoms with E-state index in [1.165, 1.54) is 12.0 Å². The van der Waals surface area contributed by atoms with Crippen molar-refractivity contribution in [1.82, 2.24) is 4.90 Å². The molecule has 1 aliphatic heterocycles. The van der Waals surface area contributed by atoms with Crippen LogP contribution >= 0.6 is 0 Å². The zero-order valence-corrected chi connectivity index (χ0v) is 12.7. The second-order valence-corrected chi connectivity index (χ2v) is 5.53. The first-order valence-electron chi connectivity index (χ1n) is 7.36. The van der Waals surface area contributed by atoms with Gasteiger partial charge in [0.15, 0.2) is 0 Å². The fourth-order valence-corrected chi connectivity index (χ4v) is 3.01. The first kappa shape index (κ1) is 15.6. The normalized spacial score (nSPS) is 20.9. The van der Waals surface area contributed by atoms with E-state index in [4.69, 9.17) is 4.74 Å². The minimum absolute atomic E-state index is 0.162. The highest BCUT2D eigenvalue weighted by atomic mass is 19.3. The fourth-order valence-electron chi connectivity index (χ4n) is 3.01. The predicted molar refractivity (Wildman–Crippen MR) is 82.0 cm³/mol. The molecule has 120 valence electrons. The average molecular weight is 317 g/mol. The van der Waals surface area contributed by atoms with Gasteiger partial charge in [0.2, 0.25) is 0 Å². The van der Waals surface area contributed by atoms with Crippen LogP contribution in [-0.2, 0) is 9.53 Å². The van der Waals surface area contributed by atoms with Gasteiger partial charge in [-0.3, -0.25) is 4.79 Å². The molecule has 1 amide bonds. The van der Waals surface area contributed by atoms with E-state index in [1.54, 1.807) is 30.3 Å². The smallest absolute Gasteiger partial charge is 0.348 e. The molecule has 2 atom stereocenters. The van der Waals surface area contributed by atoms with Gasteiger partial charge in [0.1, 0.15) is 6.04 Å². The summed E-state index contributed by atoms with van der Waals surface area (Å²) in [5.74, 6) is -4.54. The number of carbonyl (C=O) groups excluding carboxylic acids is 1. The van der Waals surface area contributed by atoms with E-state index >= 15 is 0 Å². The van der Waals surface area contributed by atoms with Crippen LogP contribution in [0.15, 0.2) is 60.7 Å². The molecule has 1 aliphatic rings. The van der Waals surface area contributed by atoms with Crippen LogP contribution in [0.5, 0.6) is 0 Å². The maximum Gasteiger partial charge on any atom is 0.348 e. The summed E-state index contributed by atoms with van der Waals surface area (Å²) in [6, 6.07) is 15.7. The van der Waals surface area contributed by atoms with Crippen LogP contribution < -0.4 is 0 Å². The minimum Gasteiger partial charge on any atom is -0.382 e. The summed E-state index contributed by atoms with van der Waals surface area (Å²) in [5.41, 5.74) is 1.20. The van der Waals surface area contributed by atoms with Crippen molar-refractivity contribution < 1.29 is 18.3 Å². The van der Waals surface area contributed by atoms with Crippen LogP contribution in [0.25, 0.3) is 0 Å². The number of carbonyl (C=O) groups is 1. The lowest BCUT2D eigenvalue weighted by Gasteiger charge is -2.50. The van der Waals surface area contributed by atoms with Gasteiger partial charge in [-0.1, -0.05) is 60.7 Å². The van der Waals surface area contributed by atoms with Gasteiger partial charge < -0.3 is 9.64 Å². The number of β-lactam (4-membered cyclic amide) rings is 1. The number of hydrogen-bond acceptors (Lipinski definition) is 2. The standard InChI is InChI=1S/C18H17F2NO2/c1-23-12-15(13-8-4-2-5-9-13)21-16(18(19,20)17(21)22)14-10-6-3-7-11-14/h2-11,15-16H,12H2,1H3/t15-,16?/m0/s1. The van der Waals surface area contributed by atoms with Crippen molar-refractivity contribution in [2.24, 2.45) is 0 Å². The van der Waals surface area contributed by atoms with Crippen LogP contribution in [0.4, 0.5) is 8.78 Å². The van der Waals surface area contributed by atoms with Crippen molar-refractivity contribution in [2.75, 3.05) is 13.7 Å². The van der Waals surface area contributed by atoms with E-state index in [0.29, 0.717) is 5.56 Å². The van der Waals surface area contributed by atoms with Crippen LogP contribution in [0.2, 0.25) is 0 Å². The van der Waals surface area contributed by atoms with E-state index in [2.05, 4.69) is 0 Å². The molecule has 3 nitrogen and oxygen atoms in total. The van der Waals surface area contributed by atoms with Gasteiger partial charge in [0.05, 0.1) is 12.6 Å². The Morgan fingerprint density at radius 2 is 1.65 bits per heavy atom. The molecule has 0 saturated carbocycles. The van der Waals surface area contributed by atoms with E-state index in [9.17, 15) is 13.6 Å². The van der Waals surface area contributed by atoms with E-state index in [-0.39, 0.29) is 6.61 Å². The van der Waals surface area contributed by atoms with Crippen molar-refractivity contribution in [3.05, 3.63) is 71.8 Å². The lowest BCUT2D eigenvalue weighted by atomic mass is 9.86. The number of alkyl halides is 2. The largest absolute Gasteiger partial charge is 0.382 e. The summed E-state index contributed by atoms with van der Waals surface area (Å²) in [7, 11) is 1.50. The number of methoxy groups -OCH3 is 1. The first-order chi connectivity index (χ1) is 11.1. The molecule has 2 aromatic rings. The Hall–Kier alpha value is -2.27. The fraction of sp³-hybridized carbons (Fsp3) is 0.278. The third-order valence-electron chi connectivity index (χ3n) is 4.10. The van der Waals surface area contributed by atoms with Crippen molar-refractivity contribution >= 4 is 5.91 Å². The van der Waals surface area contributed by atoms with E-state index < -0.39 is 23.9 Å². The molecular weight excluding hydrogens is 300 g/mol. The van der Waals surface area contributed by atoms with Gasteiger partial charge in [-0.25, -0.2) is 0 Å². The van der Waals surface area contributed by atoms with Crippen LogP contribution in [-0.4, -0.2) is 30.4 Å². The third kappa shape index (κ3) is 2.61. The Morgan fingerprint density at radius 1 is 1.09 bits per heavy atom. The second-order valence-electron chi connectivity index (χ2n) is 5.53. The van der Waals surface area contributed by atoms with Gasteiger partial charge in [0, 0.05) is 7.11 Å². The molecule has 5 heteroatoms. The maximum absolute atomic E-state index is 14.2. The molecule has 1 saturated heterocycles. The molecule has 1 heterocycles. The summed E-state index contributed by atoms with van der Waals surface area (Å²) < 4.78 is 33.6. The number of nitrogens with zero attached hydrogens (tertiary/aromatic N) is 1. The zero-order valence-electron chi connectivity index (χ0n) is 12.7. The summed E-state index contributed by atoms with van der Waals surface area (Å²) in [6.45, 7) is 0.162. The van der Waals surface area contributed by atoms with Gasteiger partial charge in [-0.2, -0.15) is 8.78 Å². The highest BCUT2D eigenvalue weighted by molar-refractivity contribution is 5.92. The van der Waals surface area contributed by atoms with E-state index in [0.717, 1.165) is 5.56 Å². The minimum atomic E-state index is -3.39. The number of hydrogen-bond donors (Lipinski definition) is 0. The predicted octanol–water partition coefficient (Wildman–Crippen LogP) is 3.59. The lowest BCUT2D eigenvalue weighted by Crippen LogP contribution is -2.65. The number of ether oxygens (including phenoxy) is 1. The highest BCUT2D eigenvalue weighted by Crippen LogP contribution is 2.51. The SMILES string of the molecule is COC[C@@H](c1ccccc1)N1C(=O)C(F)(F)C1c1ccccc1. The summed E-state index contributed by atoms with van der Waals surface area (Å²) in [6.07, 6.45) is 0.